The molecule has 140 valence electrons. The minimum Gasteiger partial charge on any atom is -0.454 e. The zero-order valence-electron chi connectivity index (χ0n) is 14.7. The minimum absolute atomic E-state index is 0.0933. The fraction of sp³-hybridized carbons (Fsp3) is 0.200. The van der Waals surface area contributed by atoms with Crippen molar-refractivity contribution in [1.82, 2.24) is 4.90 Å². The molecule has 1 aliphatic heterocycles. The first-order valence-corrected chi connectivity index (χ1v) is 8.25. The highest BCUT2D eigenvalue weighted by molar-refractivity contribution is 5.89. The number of carbonyl (C=O) groups excluding carboxylic acids is 2. The van der Waals surface area contributed by atoms with Crippen molar-refractivity contribution in [3.05, 3.63) is 65.5 Å². The average Bonchev–Trinajstić information content (AvgIpc) is 3.14. The topological polar surface area (TPSA) is 65.1 Å². The van der Waals surface area contributed by atoms with Gasteiger partial charge in [-0.2, -0.15) is 0 Å². The largest absolute Gasteiger partial charge is 0.454 e. The van der Waals surface area contributed by atoms with E-state index in [9.17, 15) is 14.0 Å². The molecule has 2 aromatic rings. The molecule has 0 saturated heterocycles. The molecule has 0 radical (unpaired) electrons. The Hall–Kier alpha value is -3.35. The van der Waals surface area contributed by atoms with E-state index < -0.39 is 18.5 Å². The van der Waals surface area contributed by atoms with Crippen molar-refractivity contribution in [3.63, 3.8) is 0 Å². The average molecular weight is 371 g/mol. The molecule has 0 bridgehead atoms. The zero-order valence-corrected chi connectivity index (χ0v) is 14.7. The summed E-state index contributed by atoms with van der Waals surface area (Å²) in [5.74, 6) is -0.210. The lowest BCUT2D eigenvalue weighted by atomic mass is 10.2. The Morgan fingerprint density at radius 3 is 2.78 bits per heavy atom. The van der Waals surface area contributed by atoms with Crippen molar-refractivity contribution in [3.8, 4) is 11.5 Å². The first-order chi connectivity index (χ1) is 13.0. The lowest BCUT2D eigenvalue weighted by Crippen LogP contribution is -2.30. The van der Waals surface area contributed by atoms with E-state index in [2.05, 4.69) is 0 Å². The molecule has 0 unspecified atom stereocenters. The third kappa shape index (κ3) is 4.84. The summed E-state index contributed by atoms with van der Waals surface area (Å²) in [4.78, 5) is 25.1. The molecule has 2 aromatic carbocycles. The van der Waals surface area contributed by atoms with Gasteiger partial charge in [0.15, 0.2) is 18.1 Å². The van der Waals surface area contributed by atoms with E-state index in [-0.39, 0.29) is 19.2 Å². The van der Waals surface area contributed by atoms with Gasteiger partial charge in [0.05, 0.1) is 0 Å². The third-order valence-electron chi connectivity index (χ3n) is 3.94. The molecule has 27 heavy (non-hydrogen) atoms. The fourth-order valence-corrected chi connectivity index (χ4v) is 2.44. The van der Waals surface area contributed by atoms with Gasteiger partial charge in [-0.25, -0.2) is 9.18 Å². The maximum absolute atomic E-state index is 13.6. The van der Waals surface area contributed by atoms with Crippen molar-refractivity contribution in [2.75, 3.05) is 20.4 Å². The summed E-state index contributed by atoms with van der Waals surface area (Å²) in [5.41, 5.74) is 1.13. The molecule has 0 saturated carbocycles. The number of fused-ring (bicyclic) bond motifs is 1. The highest BCUT2D eigenvalue weighted by Crippen LogP contribution is 2.32. The Morgan fingerprint density at radius 1 is 1.19 bits per heavy atom. The van der Waals surface area contributed by atoms with Crippen LogP contribution in [-0.4, -0.2) is 37.2 Å². The van der Waals surface area contributed by atoms with Crippen LogP contribution in [0.3, 0.4) is 0 Å². The molecular formula is C20H18FNO5. The Bertz CT molecular complexity index is 880. The van der Waals surface area contributed by atoms with Crippen LogP contribution in [-0.2, 0) is 20.9 Å². The van der Waals surface area contributed by atoms with Crippen LogP contribution in [0.5, 0.6) is 11.5 Å². The summed E-state index contributed by atoms with van der Waals surface area (Å²) < 4.78 is 29.0. The fourth-order valence-electron chi connectivity index (χ4n) is 2.44. The number of halogens is 1. The van der Waals surface area contributed by atoms with Gasteiger partial charge in [-0.1, -0.05) is 24.3 Å². The molecule has 0 atom stereocenters. The van der Waals surface area contributed by atoms with E-state index in [0.717, 1.165) is 5.56 Å². The molecule has 1 amide bonds. The van der Waals surface area contributed by atoms with Gasteiger partial charge in [-0.15, -0.1) is 0 Å². The van der Waals surface area contributed by atoms with Crippen LogP contribution in [0.1, 0.15) is 11.1 Å². The lowest BCUT2D eigenvalue weighted by molar-refractivity contribution is -0.147. The van der Waals surface area contributed by atoms with Crippen LogP contribution in [0, 0.1) is 5.82 Å². The number of amides is 1. The molecule has 0 spiro atoms. The summed E-state index contributed by atoms with van der Waals surface area (Å²) in [6.45, 7) is -0.154. The van der Waals surface area contributed by atoms with Crippen LogP contribution >= 0.6 is 0 Å². The van der Waals surface area contributed by atoms with Gasteiger partial charge in [0.2, 0.25) is 6.79 Å². The van der Waals surface area contributed by atoms with Gasteiger partial charge < -0.3 is 19.1 Å². The van der Waals surface area contributed by atoms with Gasteiger partial charge in [-0.05, 0) is 29.8 Å². The molecule has 0 aliphatic carbocycles. The number of carbonyl (C=O) groups is 2. The number of ether oxygens (including phenoxy) is 3. The highest BCUT2D eigenvalue weighted by Gasteiger charge is 2.14. The SMILES string of the molecule is CN(Cc1ccccc1F)C(=O)COC(=O)/C=C/c1ccc2c(c1)OCO2. The molecule has 7 heteroatoms. The standard InChI is InChI=1S/C20H18FNO5/c1-22(11-15-4-2-3-5-16(15)21)19(23)12-25-20(24)9-7-14-6-8-17-18(10-14)27-13-26-17/h2-10H,11-13H2,1H3/b9-7+. The number of rotatable bonds is 6. The lowest BCUT2D eigenvalue weighted by Gasteiger charge is -2.17. The number of esters is 1. The predicted molar refractivity (Wildman–Crippen MR) is 95.4 cm³/mol. The molecule has 6 nitrogen and oxygen atoms in total. The van der Waals surface area contributed by atoms with Crippen molar-refractivity contribution < 1.29 is 28.2 Å². The van der Waals surface area contributed by atoms with Gasteiger partial charge in [-0.3, -0.25) is 4.79 Å². The second-order valence-electron chi connectivity index (χ2n) is 5.89. The summed E-state index contributed by atoms with van der Waals surface area (Å²) in [5, 5.41) is 0. The number of likely N-dealkylation sites (N-methyl/N-ethyl adjacent to an activating group) is 1. The molecule has 1 heterocycles. The van der Waals surface area contributed by atoms with Gasteiger partial charge in [0.1, 0.15) is 5.82 Å². The number of nitrogens with zero attached hydrogens (tertiary/aromatic N) is 1. The zero-order chi connectivity index (χ0) is 19.2. The number of hydrogen-bond acceptors (Lipinski definition) is 5. The van der Waals surface area contributed by atoms with E-state index >= 15 is 0 Å². The second kappa shape index (κ2) is 8.35. The molecule has 0 fully saturated rings. The summed E-state index contributed by atoms with van der Waals surface area (Å²) in [7, 11) is 1.52. The van der Waals surface area contributed by atoms with E-state index in [0.29, 0.717) is 17.1 Å². The first kappa shape index (κ1) is 18.4. The Kier molecular flexibility index (Phi) is 5.71. The minimum atomic E-state index is -0.652. The van der Waals surface area contributed by atoms with Crippen molar-refractivity contribution >= 4 is 18.0 Å². The molecule has 0 aromatic heterocycles. The van der Waals surface area contributed by atoms with Gasteiger partial charge in [0.25, 0.3) is 5.91 Å². The molecular weight excluding hydrogens is 353 g/mol. The monoisotopic (exact) mass is 371 g/mol. The summed E-state index contributed by atoms with van der Waals surface area (Å²) in [6.07, 6.45) is 2.78. The van der Waals surface area contributed by atoms with E-state index in [1.165, 1.54) is 24.1 Å². The maximum atomic E-state index is 13.6. The summed E-state index contributed by atoms with van der Waals surface area (Å²) >= 11 is 0. The quantitative estimate of drug-likeness (QED) is 0.577. The second-order valence-corrected chi connectivity index (χ2v) is 5.89. The predicted octanol–water partition coefficient (Wildman–Crippen LogP) is 2.77. The van der Waals surface area contributed by atoms with Gasteiger partial charge >= 0.3 is 5.97 Å². The van der Waals surface area contributed by atoms with E-state index in [1.54, 1.807) is 42.5 Å². The Labute approximate surface area is 155 Å². The summed E-state index contributed by atoms with van der Waals surface area (Å²) in [6, 6.07) is 11.4. The highest BCUT2D eigenvalue weighted by atomic mass is 19.1. The number of hydrogen-bond donors (Lipinski definition) is 0. The van der Waals surface area contributed by atoms with Crippen molar-refractivity contribution in [2.24, 2.45) is 0 Å². The Balaban J connectivity index is 1.48. The van der Waals surface area contributed by atoms with Crippen molar-refractivity contribution in [1.29, 1.82) is 0 Å². The molecule has 3 rings (SSSR count). The van der Waals surface area contributed by atoms with Crippen LogP contribution in [0.2, 0.25) is 0 Å². The van der Waals surface area contributed by atoms with Crippen LogP contribution in [0.15, 0.2) is 48.5 Å². The molecule has 1 aliphatic rings. The van der Waals surface area contributed by atoms with Crippen LogP contribution < -0.4 is 9.47 Å². The normalized spacial score (nSPS) is 12.2. The first-order valence-electron chi connectivity index (χ1n) is 8.25. The van der Waals surface area contributed by atoms with Crippen LogP contribution in [0.25, 0.3) is 6.08 Å². The number of benzene rings is 2. The Morgan fingerprint density at radius 2 is 1.96 bits per heavy atom. The smallest absolute Gasteiger partial charge is 0.331 e. The maximum Gasteiger partial charge on any atom is 0.331 e. The third-order valence-corrected chi connectivity index (χ3v) is 3.94. The van der Waals surface area contributed by atoms with Crippen LogP contribution in [0.4, 0.5) is 4.39 Å². The van der Waals surface area contributed by atoms with Crippen molar-refractivity contribution in [2.45, 2.75) is 6.54 Å². The van der Waals surface area contributed by atoms with Gasteiger partial charge in [0, 0.05) is 25.2 Å². The van der Waals surface area contributed by atoms with E-state index in [4.69, 9.17) is 14.2 Å². The molecule has 0 N–H and O–H groups in total. The van der Waals surface area contributed by atoms with E-state index in [1.807, 2.05) is 0 Å².